The van der Waals surface area contributed by atoms with Gasteiger partial charge in [0.1, 0.15) is 53.9 Å². The minimum absolute atomic E-state index is 0.0212. The van der Waals surface area contributed by atoms with Gasteiger partial charge in [-0.05, 0) is 126 Å². The van der Waals surface area contributed by atoms with Crippen LogP contribution in [0.1, 0.15) is 210 Å². The van der Waals surface area contributed by atoms with Crippen molar-refractivity contribution in [2.45, 2.75) is 274 Å². The summed E-state index contributed by atoms with van der Waals surface area (Å²) in [4.78, 5) is 190. The van der Waals surface area contributed by atoms with Crippen molar-refractivity contribution in [2.24, 2.45) is 35.5 Å². The standard InChI is InChI=1S/C73H123IN12O13/c1-16-48(7)63-71(97)80(11)43-62(89)86-35-32-56(86)69(95)83(14)58(40-49-30-28-47(6)29-31-49)68(94)79(10)42-60(87)75-53(39-50-24-23-25-51(74)38-50)64(90)76-55(44-99-52-26-19-17-20-27-52)67(93)84(15)73(8,9)72(98)77-54(36-45(2)3)66(92)82(13)59(70(96)85-33-21-18-22-34-85)41-61(88)81(12)57(37-46(4)5)65(91)78-63/h45-59,63H,16-44H2,1-15H3,(H,75,87)(H,76,90)(H,77,98)(H,78,91)/t47?,48-,49?,50?,51?,53-,54-,55-,56-,57-,58-,59-,63-/m0/s1. The monoisotopic (exact) mass is 1500 g/mol. The summed E-state index contributed by atoms with van der Waals surface area (Å²) in [7, 11) is 8.82. The summed E-state index contributed by atoms with van der Waals surface area (Å²) in [5.41, 5.74) is -1.71. The smallest absolute Gasteiger partial charge is 0.248 e. The fraction of sp³-hybridized carbons (Fsp3) is 0.836. The van der Waals surface area contributed by atoms with E-state index in [1.54, 1.807) is 18.9 Å². The Kier molecular flexibility index (Phi) is 31.6. The van der Waals surface area contributed by atoms with Gasteiger partial charge < -0.3 is 65.2 Å². The van der Waals surface area contributed by atoms with E-state index in [1.807, 2.05) is 34.6 Å². The van der Waals surface area contributed by atoms with E-state index in [-0.39, 0.29) is 62.2 Å². The number of rotatable bonds is 14. The number of piperidine rings is 1. The summed E-state index contributed by atoms with van der Waals surface area (Å²) in [6, 6.07) is -9.50. The van der Waals surface area contributed by atoms with Gasteiger partial charge in [0, 0.05) is 65.8 Å². The minimum Gasteiger partial charge on any atom is -0.376 e. The van der Waals surface area contributed by atoms with E-state index >= 15 is 24.0 Å². The molecule has 3 saturated carbocycles. The Balaban J connectivity index is 1.42. The van der Waals surface area contributed by atoms with Crippen molar-refractivity contribution >= 4 is 93.5 Å². The van der Waals surface area contributed by atoms with Gasteiger partial charge in [-0.2, -0.15) is 0 Å². The highest BCUT2D eigenvalue weighted by Gasteiger charge is 2.47. The highest BCUT2D eigenvalue weighted by molar-refractivity contribution is 14.1. The number of likely N-dealkylation sites (N-methyl/N-ethyl adjacent to an activating group) is 6. The first-order valence-corrected chi connectivity index (χ1v) is 38.5. The van der Waals surface area contributed by atoms with Gasteiger partial charge in [-0.3, -0.25) is 57.5 Å². The molecule has 3 heterocycles. The first-order valence-electron chi connectivity index (χ1n) is 37.3. The molecule has 99 heavy (non-hydrogen) atoms. The zero-order chi connectivity index (χ0) is 73.3. The number of hydrogen-bond acceptors (Lipinski definition) is 13. The van der Waals surface area contributed by atoms with E-state index in [0.717, 1.165) is 89.9 Å². The van der Waals surface area contributed by atoms with Gasteiger partial charge in [0.15, 0.2) is 0 Å². The molecule has 3 saturated heterocycles. The summed E-state index contributed by atoms with van der Waals surface area (Å²) in [6.07, 6.45) is 14.5. The number of ether oxygens (including phenoxy) is 1. The third-order valence-corrected chi connectivity index (χ3v) is 23.5. The fourth-order valence-corrected chi connectivity index (χ4v) is 16.2. The van der Waals surface area contributed by atoms with Crippen molar-refractivity contribution in [3.05, 3.63) is 0 Å². The van der Waals surface area contributed by atoms with Crippen molar-refractivity contribution in [2.75, 3.05) is 81.6 Å². The van der Waals surface area contributed by atoms with Crippen molar-refractivity contribution in [3.63, 3.8) is 0 Å². The van der Waals surface area contributed by atoms with E-state index in [4.69, 9.17) is 4.74 Å². The number of likely N-dealkylation sites (tertiary alicyclic amines) is 1. The van der Waals surface area contributed by atoms with Crippen LogP contribution < -0.4 is 21.3 Å². The van der Waals surface area contributed by atoms with Crippen LogP contribution in [0.5, 0.6) is 0 Å². The summed E-state index contributed by atoms with van der Waals surface area (Å²) in [6.45, 7) is 16.2. The lowest BCUT2D eigenvalue weighted by molar-refractivity contribution is -0.158. The Morgan fingerprint density at radius 1 is 0.566 bits per heavy atom. The molecule has 0 aromatic carbocycles. The maximum atomic E-state index is 15.3. The molecule has 0 radical (unpaired) electrons. The number of alkyl halides is 1. The van der Waals surface area contributed by atoms with Crippen molar-refractivity contribution in [3.8, 4) is 0 Å². The second-order valence-corrected chi connectivity index (χ2v) is 33.2. The lowest BCUT2D eigenvalue weighted by Crippen LogP contribution is -2.64. The summed E-state index contributed by atoms with van der Waals surface area (Å²) in [5, 5.41) is 11.8. The van der Waals surface area contributed by atoms with Gasteiger partial charge in [-0.25, -0.2) is 0 Å². The summed E-state index contributed by atoms with van der Waals surface area (Å²) < 4.78 is 6.78. The average Bonchev–Trinajstić information content (AvgIpc) is 0.799. The zero-order valence-corrected chi connectivity index (χ0v) is 64.7. The number of carbonyl (C=O) groups excluding carboxylic acids is 12. The molecule has 0 bridgehead atoms. The highest BCUT2D eigenvalue weighted by Crippen LogP contribution is 2.35. The Morgan fingerprint density at radius 3 is 1.79 bits per heavy atom. The predicted molar refractivity (Wildman–Crippen MR) is 386 cm³/mol. The molecule has 560 valence electrons. The Hall–Kier alpha value is -5.67. The molecule has 12 amide bonds. The third-order valence-electron chi connectivity index (χ3n) is 22.3. The molecule has 2 unspecified atom stereocenters. The Morgan fingerprint density at radius 2 is 1.19 bits per heavy atom. The van der Waals surface area contributed by atoms with Crippen molar-refractivity contribution in [1.82, 2.24) is 60.5 Å². The molecule has 0 spiro atoms. The van der Waals surface area contributed by atoms with Crippen LogP contribution in [0.15, 0.2) is 0 Å². The van der Waals surface area contributed by atoms with Crippen LogP contribution >= 0.6 is 22.6 Å². The number of nitrogens with one attached hydrogen (secondary N) is 4. The number of carbonyl (C=O) groups is 12. The molecular formula is C73H123IN12O13. The van der Waals surface area contributed by atoms with E-state index in [1.165, 1.54) is 83.4 Å². The molecule has 11 atom stereocenters. The van der Waals surface area contributed by atoms with Crippen LogP contribution in [0, 0.1) is 35.5 Å². The van der Waals surface area contributed by atoms with Gasteiger partial charge >= 0.3 is 0 Å². The van der Waals surface area contributed by atoms with Gasteiger partial charge in [-0.1, -0.05) is 135 Å². The zero-order valence-electron chi connectivity index (χ0n) is 62.5. The number of fused-ring (bicyclic) bond motifs is 1. The molecule has 6 fully saturated rings. The van der Waals surface area contributed by atoms with E-state index < -0.39 is 150 Å². The van der Waals surface area contributed by atoms with Crippen molar-refractivity contribution < 1.29 is 62.3 Å². The largest absolute Gasteiger partial charge is 0.376 e. The molecule has 6 rings (SSSR count). The Bertz CT molecular complexity index is 2810. The van der Waals surface area contributed by atoms with Crippen LogP contribution in [-0.4, -0.2) is 256 Å². The second kappa shape index (κ2) is 38.0. The van der Waals surface area contributed by atoms with Gasteiger partial charge in [0.05, 0.1) is 32.2 Å². The van der Waals surface area contributed by atoms with Crippen LogP contribution in [0.25, 0.3) is 0 Å². The minimum atomic E-state index is -1.71. The molecule has 0 aromatic heterocycles. The normalized spacial score (nSPS) is 30.6. The molecular weight excluding hydrogens is 1380 g/mol. The summed E-state index contributed by atoms with van der Waals surface area (Å²) >= 11 is 2.42. The number of hydrogen-bond donors (Lipinski definition) is 4. The third kappa shape index (κ3) is 22.7. The molecule has 3 aliphatic heterocycles. The lowest BCUT2D eigenvalue weighted by Gasteiger charge is -2.44. The van der Waals surface area contributed by atoms with E-state index in [9.17, 15) is 33.6 Å². The van der Waals surface area contributed by atoms with Gasteiger partial charge in [-0.15, -0.1) is 0 Å². The molecule has 6 aliphatic rings. The highest BCUT2D eigenvalue weighted by atomic mass is 127. The average molecular weight is 1500 g/mol. The van der Waals surface area contributed by atoms with E-state index in [2.05, 4.69) is 50.8 Å². The number of halogens is 1. The molecule has 3 aliphatic carbocycles. The SMILES string of the molecule is CC[C@H](C)[C@@H]1NC(=O)[C@H](CC(C)C)N(C)C(=O)C[C@@H](C(=O)N2CCCCC2)N(C)C(=O)[C@H](CC(C)C)NC(=O)C(C)(C)N(C)C(=O)[C@H](COC2CCCCC2)NC(=O)[C@H](CC2CCCC(I)C2)NC(=O)CN(C)C(=O)[C@H](CC2CCC(C)CC2)N(C)C(=O)[C@@H]2CCN2C(=O)CN(C)C1=O. The van der Waals surface area contributed by atoms with Crippen LogP contribution in [-0.2, 0) is 62.3 Å². The molecule has 0 aromatic rings. The maximum Gasteiger partial charge on any atom is 0.248 e. The van der Waals surface area contributed by atoms with Crippen LogP contribution in [0.2, 0.25) is 0 Å². The van der Waals surface area contributed by atoms with Crippen molar-refractivity contribution in [1.29, 1.82) is 0 Å². The number of amides is 12. The van der Waals surface area contributed by atoms with E-state index in [0.29, 0.717) is 55.0 Å². The fourth-order valence-electron chi connectivity index (χ4n) is 15.1. The predicted octanol–water partition coefficient (Wildman–Crippen LogP) is 5.67. The van der Waals surface area contributed by atoms with Gasteiger partial charge in [0.25, 0.3) is 0 Å². The second-order valence-electron chi connectivity index (χ2n) is 31.4. The molecule has 4 N–H and O–H groups in total. The van der Waals surface area contributed by atoms with Crippen LogP contribution in [0.4, 0.5) is 0 Å². The quantitative estimate of drug-likeness (QED) is 0.121. The topological polar surface area (TPSA) is 288 Å². The first-order chi connectivity index (χ1) is 46.6. The first kappa shape index (κ1) is 82.3. The van der Waals surface area contributed by atoms with Crippen LogP contribution in [0.3, 0.4) is 0 Å². The van der Waals surface area contributed by atoms with Gasteiger partial charge in [0.2, 0.25) is 70.9 Å². The molecule has 25 nitrogen and oxygen atoms in total. The molecule has 26 heteroatoms. The number of nitrogens with zero attached hydrogens (tertiary/aromatic N) is 8. The maximum absolute atomic E-state index is 15.3. The summed E-state index contributed by atoms with van der Waals surface area (Å²) in [5.74, 6) is -7.39. The Labute approximate surface area is 604 Å². The lowest BCUT2D eigenvalue weighted by atomic mass is 9.79.